The summed E-state index contributed by atoms with van der Waals surface area (Å²) in [6.07, 6.45) is 9.65. The predicted octanol–water partition coefficient (Wildman–Crippen LogP) is 4.67. The highest BCUT2D eigenvalue weighted by Gasteiger charge is 2.49. The van der Waals surface area contributed by atoms with Gasteiger partial charge in [0, 0.05) is 28.7 Å². The average molecular weight is 660 g/mol. The van der Waals surface area contributed by atoms with Gasteiger partial charge in [0.05, 0.1) is 29.2 Å². The van der Waals surface area contributed by atoms with E-state index in [0.29, 0.717) is 59.2 Å². The van der Waals surface area contributed by atoms with E-state index in [4.69, 9.17) is 31.3 Å². The Kier molecular flexibility index (Phi) is 6.46. The highest BCUT2D eigenvalue weighted by Crippen LogP contribution is 2.54. The number of amides is 3. The van der Waals surface area contributed by atoms with Gasteiger partial charge in [0.15, 0.2) is 5.82 Å². The van der Waals surface area contributed by atoms with Crippen molar-refractivity contribution in [3.8, 4) is 17.3 Å². The van der Waals surface area contributed by atoms with E-state index in [1.165, 1.54) is 0 Å². The number of carbonyl (C=O) groups excluding carboxylic acids is 2. The molecule has 4 aromatic rings. The van der Waals surface area contributed by atoms with Crippen molar-refractivity contribution in [3.05, 3.63) is 34.9 Å². The van der Waals surface area contributed by atoms with Gasteiger partial charge in [-0.05, 0) is 81.5 Å². The van der Waals surface area contributed by atoms with Gasteiger partial charge >= 0.3 is 12.0 Å². The van der Waals surface area contributed by atoms with Crippen LogP contribution in [0.5, 0.6) is 6.01 Å². The molecular formula is C33H35ClFN9O3. The Hall–Kier alpha value is -4.10. The van der Waals surface area contributed by atoms with Crippen molar-refractivity contribution in [2.24, 2.45) is 5.92 Å². The van der Waals surface area contributed by atoms with E-state index >= 15 is 4.39 Å². The topological polar surface area (TPSA) is 141 Å². The normalized spacial score (nSPS) is 26.7. The molecule has 4 aliphatic heterocycles. The van der Waals surface area contributed by atoms with Crippen LogP contribution >= 0.6 is 11.6 Å². The molecule has 244 valence electrons. The average Bonchev–Trinajstić information content (AvgIpc) is 3.44. The molecule has 0 bridgehead atoms. The first-order chi connectivity index (χ1) is 22.8. The fourth-order valence-corrected chi connectivity index (χ4v) is 8.97. The van der Waals surface area contributed by atoms with Crippen LogP contribution in [0.2, 0.25) is 5.02 Å². The number of hydrogen-bond acceptors (Lipinski definition) is 9. The van der Waals surface area contributed by atoms with E-state index in [0.717, 1.165) is 56.1 Å². The molecule has 3 amide bonds. The fourth-order valence-electron chi connectivity index (χ4n) is 8.63. The molecule has 1 saturated carbocycles. The Morgan fingerprint density at radius 1 is 1.09 bits per heavy atom. The van der Waals surface area contributed by atoms with Crippen molar-refractivity contribution in [2.75, 3.05) is 37.7 Å². The largest absolute Gasteiger partial charge is 0.461 e. The van der Waals surface area contributed by atoms with Crippen LogP contribution in [0.4, 0.5) is 15.0 Å². The minimum atomic E-state index is -1.10. The Balaban J connectivity index is 1.19. The lowest BCUT2D eigenvalue weighted by Crippen LogP contribution is -2.58. The van der Waals surface area contributed by atoms with Gasteiger partial charge in [-0.15, -0.1) is 0 Å². The van der Waals surface area contributed by atoms with E-state index in [1.54, 1.807) is 12.4 Å². The second-order valence-electron chi connectivity index (χ2n) is 14.0. The highest BCUT2D eigenvalue weighted by molar-refractivity contribution is 6.33. The van der Waals surface area contributed by atoms with Crippen LogP contribution in [0.25, 0.3) is 33.1 Å². The number of H-pyrrole nitrogens is 1. The number of benzene rings is 1. The SMILES string of the molecule is C[C@@H]1C[C@@H]1c1c(Cl)cc2[nH]ncc2c1-c1ncc2c(N3CCC[C@]4(C3)NC(=O)NC4=O)nc(OCC34CCCN3CCC4)nc2c1F. The van der Waals surface area contributed by atoms with Gasteiger partial charge in [-0.3, -0.25) is 25.1 Å². The third-order valence-electron chi connectivity index (χ3n) is 11.2. The summed E-state index contributed by atoms with van der Waals surface area (Å²) in [6.45, 7) is 5.38. The molecule has 3 N–H and O–H groups in total. The van der Waals surface area contributed by atoms with E-state index in [-0.39, 0.29) is 41.1 Å². The number of hydrogen-bond donors (Lipinski definition) is 3. The van der Waals surface area contributed by atoms with Gasteiger partial charge < -0.3 is 15.0 Å². The van der Waals surface area contributed by atoms with Crippen LogP contribution < -0.4 is 20.3 Å². The zero-order chi connectivity index (χ0) is 32.1. The van der Waals surface area contributed by atoms with Gasteiger partial charge in [-0.1, -0.05) is 18.5 Å². The molecule has 1 aliphatic carbocycles. The molecule has 1 aromatic carbocycles. The lowest BCUT2D eigenvalue weighted by molar-refractivity contribution is -0.124. The number of pyridine rings is 1. The maximum Gasteiger partial charge on any atom is 0.322 e. The number of aromatic amines is 1. The molecule has 4 saturated heterocycles. The lowest BCUT2D eigenvalue weighted by atomic mass is 9.89. The van der Waals surface area contributed by atoms with Crippen LogP contribution in [0.15, 0.2) is 18.5 Å². The number of nitrogens with one attached hydrogen (secondary N) is 3. The number of ether oxygens (including phenoxy) is 1. The number of imide groups is 1. The van der Waals surface area contributed by atoms with E-state index in [2.05, 4.69) is 32.7 Å². The molecule has 9 rings (SSSR count). The Morgan fingerprint density at radius 2 is 1.87 bits per heavy atom. The lowest BCUT2D eigenvalue weighted by Gasteiger charge is -2.39. The van der Waals surface area contributed by atoms with Crippen LogP contribution in [0.1, 0.15) is 63.4 Å². The maximum atomic E-state index is 17.1. The van der Waals surface area contributed by atoms with Crippen LogP contribution in [0, 0.1) is 11.7 Å². The molecule has 1 spiro atoms. The molecule has 0 unspecified atom stereocenters. The summed E-state index contributed by atoms with van der Waals surface area (Å²) in [7, 11) is 0. The van der Waals surface area contributed by atoms with Crippen molar-refractivity contribution in [3.63, 3.8) is 0 Å². The molecule has 0 radical (unpaired) electrons. The fraction of sp³-hybridized carbons (Fsp3) is 0.515. The molecular weight excluding hydrogens is 625 g/mol. The Morgan fingerprint density at radius 3 is 2.62 bits per heavy atom. The zero-order valence-electron chi connectivity index (χ0n) is 26.0. The van der Waals surface area contributed by atoms with Gasteiger partial charge in [0.25, 0.3) is 5.91 Å². The predicted molar refractivity (Wildman–Crippen MR) is 173 cm³/mol. The quantitative estimate of drug-likeness (QED) is 0.252. The molecule has 5 fully saturated rings. The summed E-state index contributed by atoms with van der Waals surface area (Å²) in [6, 6.07) is 1.40. The van der Waals surface area contributed by atoms with E-state index in [9.17, 15) is 9.59 Å². The summed E-state index contributed by atoms with van der Waals surface area (Å²) < 4.78 is 23.5. The monoisotopic (exact) mass is 659 g/mol. The van der Waals surface area contributed by atoms with Crippen LogP contribution in [-0.2, 0) is 4.79 Å². The van der Waals surface area contributed by atoms with Crippen molar-refractivity contribution in [1.29, 1.82) is 0 Å². The molecule has 14 heteroatoms. The summed E-state index contributed by atoms with van der Waals surface area (Å²) in [5.41, 5.74) is 1.24. The van der Waals surface area contributed by atoms with Crippen LogP contribution in [-0.4, -0.2) is 85.9 Å². The number of rotatable bonds is 6. The first kappa shape index (κ1) is 29.1. The minimum Gasteiger partial charge on any atom is -0.461 e. The molecule has 7 heterocycles. The van der Waals surface area contributed by atoms with Gasteiger partial charge in [-0.25, -0.2) is 9.18 Å². The highest BCUT2D eigenvalue weighted by atomic mass is 35.5. The number of halogens is 2. The number of carbonyl (C=O) groups is 2. The molecule has 5 aliphatic rings. The Labute approximate surface area is 274 Å². The molecule has 3 atom stereocenters. The van der Waals surface area contributed by atoms with Crippen molar-refractivity contribution >= 4 is 51.2 Å². The first-order valence-electron chi connectivity index (χ1n) is 16.5. The van der Waals surface area contributed by atoms with E-state index in [1.807, 2.05) is 11.0 Å². The Bertz CT molecular complexity index is 1980. The third kappa shape index (κ3) is 4.49. The zero-order valence-corrected chi connectivity index (χ0v) is 26.8. The molecule has 12 nitrogen and oxygen atoms in total. The van der Waals surface area contributed by atoms with E-state index < -0.39 is 17.4 Å². The smallest absolute Gasteiger partial charge is 0.322 e. The number of piperidine rings is 1. The van der Waals surface area contributed by atoms with Crippen molar-refractivity contribution < 1.29 is 18.7 Å². The minimum absolute atomic E-state index is 0.0641. The van der Waals surface area contributed by atoms with Gasteiger partial charge in [-0.2, -0.15) is 15.1 Å². The van der Waals surface area contributed by atoms with Crippen molar-refractivity contribution in [1.82, 2.24) is 40.7 Å². The molecule has 3 aromatic heterocycles. The van der Waals surface area contributed by atoms with Crippen LogP contribution in [0.3, 0.4) is 0 Å². The maximum absolute atomic E-state index is 17.1. The number of fused-ring (bicyclic) bond motifs is 3. The summed E-state index contributed by atoms with van der Waals surface area (Å²) in [5.74, 6) is 0.0418. The number of anilines is 1. The summed E-state index contributed by atoms with van der Waals surface area (Å²) in [5, 5.41) is 14.1. The molecule has 47 heavy (non-hydrogen) atoms. The van der Waals surface area contributed by atoms with Gasteiger partial charge in [0.2, 0.25) is 0 Å². The number of aromatic nitrogens is 5. The summed E-state index contributed by atoms with van der Waals surface area (Å²) in [4.78, 5) is 43.8. The number of nitrogens with zero attached hydrogens (tertiary/aromatic N) is 6. The third-order valence-corrected chi connectivity index (χ3v) is 11.5. The standard InChI is InChI=1S/C33H35ClFN9O3/c1-17-11-18(17)23-21(34)12-22-19(14-37-42-22)24(23)27-25(35)26-20(13-36-27)28(43-8-4-7-33(15-43)29(45)40-30(46)41-33)39-31(38-26)47-16-32-5-2-9-44(32)10-3-6-32/h12-14,17-18H,2-11,15-16H2,1H3,(H,37,42)(H2,40,41,45,46)/t17-,18+,33-/m1/s1. The van der Waals surface area contributed by atoms with Gasteiger partial charge in [0.1, 0.15) is 29.2 Å². The second-order valence-corrected chi connectivity index (χ2v) is 14.4. The summed E-state index contributed by atoms with van der Waals surface area (Å²) >= 11 is 6.85. The number of urea groups is 1. The van der Waals surface area contributed by atoms with Crippen molar-refractivity contribution in [2.45, 2.75) is 68.9 Å². The first-order valence-corrected chi connectivity index (χ1v) is 16.9. The second kappa shape index (κ2) is 10.4.